The Balaban J connectivity index is 1.59. The minimum atomic E-state index is -0.543. The summed E-state index contributed by atoms with van der Waals surface area (Å²) < 4.78 is 11.3. The topological polar surface area (TPSA) is 64.6 Å². The molecule has 0 fully saturated rings. The summed E-state index contributed by atoms with van der Waals surface area (Å²) in [4.78, 5) is 25.2. The molecule has 0 unspecified atom stereocenters. The van der Waals surface area contributed by atoms with Crippen molar-refractivity contribution in [1.29, 1.82) is 0 Å². The van der Waals surface area contributed by atoms with E-state index in [0.717, 1.165) is 31.5 Å². The maximum atomic E-state index is 12.7. The van der Waals surface area contributed by atoms with Crippen LogP contribution in [0.3, 0.4) is 0 Å². The second kappa shape index (κ2) is 26.4. The Morgan fingerprint density at radius 1 is 0.556 bits per heavy atom. The lowest BCUT2D eigenvalue weighted by Crippen LogP contribution is -2.13. The molecule has 0 saturated heterocycles. The SMILES string of the molecule is CCCCCCCCCCCCCCOc1ccc(OC(=O)c2ccc(NCCCCCCCCCCCC)cc2)c(=O)cc1. The second-order valence-electron chi connectivity index (χ2n) is 12.6. The van der Waals surface area contributed by atoms with Crippen molar-refractivity contribution in [2.45, 2.75) is 155 Å². The van der Waals surface area contributed by atoms with E-state index in [1.807, 2.05) is 12.1 Å². The normalized spacial score (nSPS) is 11.0. The monoisotopic (exact) mass is 621 g/mol. The molecule has 2 rings (SSSR count). The summed E-state index contributed by atoms with van der Waals surface area (Å²) in [6, 6.07) is 13.5. The van der Waals surface area contributed by atoms with Gasteiger partial charge in [0, 0.05) is 12.2 Å². The molecule has 0 radical (unpaired) electrons. The molecule has 0 heterocycles. The van der Waals surface area contributed by atoms with Gasteiger partial charge in [0.25, 0.3) is 0 Å². The maximum absolute atomic E-state index is 12.7. The van der Waals surface area contributed by atoms with Crippen LogP contribution in [0.1, 0.15) is 165 Å². The Morgan fingerprint density at radius 2 is 1.02 bits per heavy atom. The number of benzene rings is 1. The first-order chi connectivity index (χ1) is 22.1. The minimum Gasteiger partial charge on any atom is -0.494 e. The molecule has 0 spiro atoms. The van der Waals surface area contributed by atoms with Gasteiger partial charge in [-0.05, 0) is 61.4 Å². The van der Waals surface area contributed by atoms with Crippen LogP contribution in [-0.2, 0) is 0 Å². The van der Waals surface area contributed by atoms with Crippen LogP contribution in [-0.4, -0.2) is 19.1 Å². The Hall–Kier alpha value is -2.82. The molecule has 0 amide bonds. The number of unbranched alkanes of at least 4 members (excludes halogenated alkanes) is 20. The van der Waals surface area contributed by atoms with E-state index in [0.29, 0.717) is 17.9 Å². The summed E-state index contributed by atoms with van der Waals surface area (Å²) >= 11 is 0. The van der Waals surface area contributed by atoms with Crippen LogP contribution in [0.4, 0.5) is 5.69 Å². The second-order valence-corrected chi connectivity index (χ2v) is 12.6. The van der Waals surface area contributed by atoms with Gasteiger partial charge in [-0.25, -0.2) is 4.79 Å². The van der Waals surface area contributed by atoms with E-state index in [9.17, 15) is 9.59 Å². The van der Waals surface area contributed by atoms with Gasteiger partial charge in [-0.2, -0.15) is 0 Å². The highest BCUT2D eigenvalue weighted by Gasteiger charge is 2.11. The van der Waals surface area contributed by atoms with E-state index in [1.54, 1.807) is 24.3 Å². The molecule has 0 aliphatic carbocycles. The van der Waals surface area contributed by atoms with Crippen LogP contribution in [0.5, 0.6) is 11.5 Å². The van der Waals surface area contributed by atoms with Crippen LogP contribution < -0.4 is 20.2 Å². The van der Waals surface area contributed by atoms with Gasteiger partial charge >= 0.3 is 5.97 Å². The van der Waals surface area contributed by atoms with Crippen molar-refractivity contribution in [1.82, 2.24) is 0 Å². The number of carbonyl (C=O) groups excluding carboxylic acids is 1. The van der Waals surface area contributed by atoms with E-state index >= 15 is 0 Å². The lowest BCUT2D eigenvalue weighted by Gasteiger charge is -2.08. The molecule has 0 saturated carbocycles. The molecular weight excluding hydrogens is 558 g/mol. The maximum Gasteiger partial charge on any atom is 0.343 e. The number of hydrogen-bond donors (Lipinski definition) is 1. The minimum absolute atomic E-state index is 0.00312. The molecule has 0 aliphatic rings. The van der Waals surface area contributed by atoms with Gasteiger partial charge in [0.05, 0.1) is 12.2 Å². The highest BCUT2D eigenvalue weighted by atomic mass is 16.5. The van der Waals surface area contributed by atoms with Crippen molar-refractivity contribution >= 4 is 11.7 Å². The number of esters is 1. The molecule has 5 nitrogen and oxygen atoms in total. The smallest absolute Gasteiger partial charge is 0.343 e. The van der Waals surface area contributed by atoms with Crippen molar-refractivity contribution < 1.29 is 14.3 Å². The predicted molar refractivity (Wildman–Crippen MR) is 191 cm³/mol. The van der Waals surface area contributed by atoms with Crippen molar-refractivity contribution in [3.05, 3.63) is 64.3 Å². The van der Waals surface area contributed by atoms with Gasteiger partial charge in [0.1, 0.15) is 5.75 Å². The van der Waals surface area contributed by atoms with Crippen LogP contribution in [0.15, 0.2) is 53.3 Å². The Morgan fingerprint density at radius 3 is 1.56 bits per heavy atom. The zero-order valence-corrected chi connectivity index (χ0v) is 28.7. The summed E-state index contributed by atoms with van der Waals surface area (Å²) in [6.07, 6.45) is 28.8. The lowest BCUT2D eigenvalue weighted by molar-refractivity contribution is 0.0733. The lowest BCUT2D eigenvalue weighted by atomic mass is 10.1. The summed E-state index contributed by atoms with van der Waals surface area (Å²) in [5, 5.41) is 3.43. The van der Waals surface area contributed by atoms with Crippen molar-refractivity contribution in [3.8, 4) is 11.5 Å². The quantitative estimate of drug-likeness (QED) is 0.0756. The molecule has 0 bridgehead atoms. The molecule has 5 heteroatoms. The van der Waals surface area contributed by atoms with Crippen molar-refractivity contribution in [2.75, 3.05) is 18.5 Å². The van der Waals surface area contributed by atoms with Crippen LogP contribution >= 0.6 is 0 Å². The first-order valence-electron chi connectivity index (χ1n) is 18.5. The summed E-state index contributed by atoms with van der Waals surface area (Å²) in [5.74, 6) is 0.0668. The van der Waals surface area contributed by atoms with E-state index in [1.165, 1.54) is 134 Å². The third-order valence-electron chi connectivity index (χ3n) is 8.49. The zero-order valence-electron chi connectivity index (χ0n) is 28.7. The molecule has 45 heavy (non-hydrogen) atoms. The van der Waals surface area contributed by atoms with Crippen LogP contribution in [0.25, 0.3) is 0 Å². The molecule has 252 valence electrons. The fraction of sp³-hybridized carbons (Fsp3) is 0.650. The van der Waals surface area contributed by atoms with E-state index in [2.05, 4.69) is 19.2 Å². The van der Waals surface area contributed by atoms with E-state index in [4.69, 9.17) is 9.47 Å². The molecule has 0 aliphatic heterocycles. The number of nitrogens with one attached hydrogen (secondary N) is 1. The van der Waals surface area contributed by atoms with Gasteiger partial charge in [-0.3, -0.25) is 4.79 Å². The number of ether oxygens (including phenoxy) is 2. The average molecular weight is 622 g/mol. The number of carbonyl (C=O) groups is 1. The fourth-order valence-electron chi connectivity index (χ4n) is 5.58. The van der Waals surface area contributed by atoms with Gasteiger partial charge < -0.3 is 14.8 Å². The molecule has 1 N–H and O–H groups in total. The fourth-order valence-corrected chi connectivity index (χ4v) is 5.58. The van der Waals surface area contributed by atoms with Crippen LogP contribution in [0.2, 0.25) is 0 Å². The largest absolute Gasteiger partial charge is 0.494 e. The predicted octanol–water partition coefficient (Wildman–Crippen LogP) is 11.7. The highest BCUT2D eigenvalue weighted by Crippen LogP contribution is 2.17. The standard InChI is InChI=1S/C40H63NO4/c1-3-5-7-9-11-13-15-16-18-20-22-24-34-44-37-29-31-38(42)39(32-30-37)45-40(43)35-25-27-36(28-26-35)41-33-23-21-19-17-14-12-10-8-6-4-2/h25-32,41H,3-24,33-34H2,1-2H3. The summed E-state index contributed by atoms with van der Waals surface area (Å²) in [6.45, 7) is 6.06. The summed E-state index contributed by atoms with van der Waals surface area (Å²) in [7, 11) is 0. The molecule has 2 aromatic carbocycles. The van der Waals surface area contributed by atoms with Gasteiger partial charge in [-0.15, -0.1) is 0 Å². The number of anilines is 1. The molecule has 0 aromatic heterocycles. The molecular formula is C40H63NO4. The first kappa shape index (κ1) is 38.4. The Labute approximate surface area is 274 Å². The number of rotatable bonds is 28. The third kappa shape index (κ3) is 19.3. The Kier molecular flexibility index (Phi) is 22.5. The molecule has 0 atom stereocenters. The van der Waals surface area contributed by atoms with Crippen molar-refractivity contribution in [2.24, 2.45) is 0 Å². The Bertz CT molecular complexity index is 1070. The first-order valence-corrected chi connectivity index (χ1v) is 18.5. The van der Waals surface area contributed by atoms with E-state index < -0.39 is 5.97 Å². The average Bonchev–Trinajstić information content (AvgIpc) is 3.22. The van der Waals surface area contributed by atoms with E-state index in [-0.39, 0.29) is 11.2 Å². The van der Waals surface area contributed by atoms with Crippen LogP contribution in [0, 0.1) is 0 Å². The highest BCUT2D eigenvalue weighted by molar-refractivity contribution is 5.91. The van der Waals surface area contributed by atoms with Gasteiger partial charge in [0.2, 0.25) is 5.43 Å². The molecule has 2 aromatic rings. The van der Waals surface area contributed by atoms with Gasteiger partial charge in [0.15, 0.2) is 5.75 Å². The third-order valence-corrected chi connectivity index (χ3v) is 8.49. The number of hydrogen-bond acceptors (Lipinski definition) is 5. The zero-order chi connectivity index (χ0) is 32.2. The van der Waals surface area contributed by atoms with Crippen molar-refractivity contribution in [3.63, 3.8) is 0 Å². The van der Waals surface area contributed by atoms with Gasteiger partial charge in [-0.1, -0.05) is 142 Å². The summed E-state index contributed by atoms with van der Waals surface area (Å²) in [5.41, 5.74) is 1.04.